The first-order valence-corrected chi connectivity index (χ1v) is 9.45. The molecular weight excluding hydrogens is 314 g/mol. The summed E-state index contributed by atoms with van der Waals surface area (Å²) in [4.78, 5) is 23.6. The largest absolute Gasteiger partial charge is 0.355 e. The summed E-state index contributed by atoms with van der Waals surface area (Å²) >= 11 is 0. The summed E-state index contributed by atoms with van der Waals surface area (Å²) in [5, 5.41) is 4.60. The van der Waals surface area contributed by atoms with E-state index in [4.69, 9.17) is 0 Å². The van der Waals surface area contributed by atoms with Gasteiger partial charge in [-0.1, -0.05) is 0 Å². The average Bonchev–Trinajstić information content (AvgIpc) is 3.04. The lowest BCUT2D eigenvalue weighted by Crippen LogP contribution is -2.50. The minimum atomic E-state index is 0.0542. The van der Waals surface area contributed by atoms with Gasteiger partial charge in [-0.05, 0) is 50.5 Å². The van der Waals surface area contributed by atoms with Gasteiger partial charge in [-0.15, -0.1) is 0 Å². The Balaban J connectivity index is 1.29. The lowest BCUT2D eigenvalue weighted by Gasteiger charge is -2.41. The number of hydrogen-bond donors (Lipinski definition) is 0. The fraction of sp³-hybridized carbons (Fsp3) is 0.579. The summed E-state index contributed by atoms with van der Waals surface area (Å²) in [5.41, 5.74) is 4.92. The molecule has 0 unspecified atom stereocenters. The normalized spacial score (nSPS) is 19.4. The third-order valence-electron chi connectivity index (χ3n) is 5.81. The van der Waals surface area contributed by atoms with E-state index in [0.29, 0.717) is 5.92 Å². The van der Waals surface area contributed by atoms with E-state index in [1.54, 1.807) is 17.1 Å². The smallest absolute Gasteiger partial charge is 0.267 e. The van der Waals surface area contributed by atoms with Crippen molar-refractivity contribution in [1.29, 1.82) is 0 Å². The van der Waals surface area contributed by atoms with Crippen LogP contribution in [0.15, 0.2) is 17.2 Å². The molecule has 0 bridgehead atoms. The Labute approximate surface area is 146 Å². The van der Waals surface area contributed by atoms with Gasteiger partial charge in [0.25, 0.3) is 5.56 Å². The van der Waals surface area contributed by atoms with Gasteiger partial charge in [-0.3, -0.25) is 4.79 Å². The quantitative estimate of drug-likeness (QED) is 0.850. The molecule has 6 heteroatoms. The zero-order valence-electron chi connectivity index (χ0n) is 14.4. The molecule has 0 N–H and O–H groups in total. The molecule has 0 atom stereocenters. The molecule has 0 spiro atoms. The molecule has 25 heavy (non-hydrogen) atoms. The number of rotatable bonds is 3. The van der Waals surface area contributed by atoms with Crippen LogP contribution in [0.3, 0.4) is 0 Å². The molecule has 2 aliphatic carbocycles. The number of nitrogens with zero attached hydrogens (tertiary/aromatic N) is 5. The van der Waals surface area contributed by atoms with Crippen LogP contribution in [0.4, 0.5) is 5.82 Å². The van der Waals surface area contributed by atoms with E-state index in [1.807, 2.05) is 0 Å². The molecule has 1 saturated heterocycles. The number of hydrogen-bond acceptors (Lipinski definition) is 5. The fourth-order valence-corrected chi connectivity index (χ4v) is 4.45. The molecule has 1 aliphatic heterocycles. The second-order valence-electron chi connectivity index (χ2n) is 7.59. The van der Waals surface area contributed by atoms with E-state index >= 15 is 0 Å². The van der Waals surface area contributed by atoms with Crippen LogP contribution in [0.5, 0.6) is 0 Å². The average molecular weight is 337 g/mol. The predicted molar refractivity (Wildman–Crippen MR) is 94.9 cm³/mol. The predicted octanol–water partition coefficient (Wildman–Crippen LogP) is 1.54. The lowest BCUT2D eigenvalue weighted by molar-refractivity contribution is 0.330. The van der Waals surface area contributed by atoms with Crippen LogP contribution in [-0.4, -0.2) is 32.8 Å². The standard InChI is InChI=1S/C19H23N5O/c25-18-8-14-4-3-7-16(14)22-24(18)11-13-9-23(10-13)19-15-5-1-2-6-17(15)20-12-21-19/h8,12-13H,1-7,9-11H2. The maximum Gasteiger partial charge on any atom is 0.267 e. The topological polar surface area (TPSA) is 63.9 Å². The summed E-state index contributed by atoms with van der Waals surface area (Å²) in [7, 11) is 0. The van der Waals surface area contributed by atoms with Crippen molar-refractivity contribution < 1.29 is 0 Å². The highest BCUT2D eigenvalue weighted by atomic mass is 16.1. The summed E-state index contributed by atoms with van der Waals surface area (Å²) in [6, 6.07) is 1.80. The molecule has 6 nitrogen and oxygen atoms in total. The van der Waals surface area contributed by atoms with Crippen molar-refractivity contribution in [3.63, 3.8) is 0 Å². The van der Waals surface area contributed by atoms with Crippen LogP contribution in [-0.2, 0) is 32.2 Å². The van der Waals surface area contributed by atoms with E-state index in [0.717, 1.165) is 68.8 Å². The molecule has 2 aromatic rings. The Morgan fingerprint density at radius 2 is 1.84 bits per heavy atom. The zero-order chi connectivity index (χ0) is 16.8. The van der Waals surface area contributed by atoms with Gasteiger partial charge in [0.05, 0.1) is 12.2 Å². The van der Waals surface area contributed by atoms with Gasteiger partial charge in [-0.2, -0.15) is 5.10 Å². The molecule has 0 radical (unpaired) electrons. The lowest BCUT2D eigenvalue weighted by atomic mass is 9.93. The van der Waals surface area contributed by atoms with Gasteiger partial charge in [-0.25, -0.2) is 14.6 Å². The third kappa shape index (κ3) is 2.64. The molecule has 0 aromatic carbocycles. The summed E-state index contributed by atoms with van der Waals surface area (Å²) in [6.45, 7) is 2.62. The van der Waals surface area contributed by atoms with Crippen LogP contribution in [0.25, 0.3) is 0 Å². The molecule has 0 amide bonds. The van der Waals surface area contributed by atoms with Gasteiger partial charge < -0.3 is 4.90 Å². The van der Waals surface area contributed by atoms with E-state index in [2.05, 4.69) is 20.0 Å². The van der Waals surface area contributed by atoms with Crippen molar-refractivity contribution in [2.24, 2.45) is 5.92 Å². The van der Waals surface area contributed by atoms with Crippen LogP contribution < -0.4 is 10.5 Å². The van der Waals surface area contributed by atoms with E-state index < -0.39 is 0 Å². The first-order chi connectivity index (χ1) is 12.3. The number of aromatic nitrogens is 4. The molecule has 130 valence electrons. The Morgan fingerprint density at radius 3 is 2.76 bits per heavy atom. The van der Waals surface area contributed by atoms with E-state index in [-0.39, 0.29) is 5.56 Å². The maximum atomic E-state index is 12.3. The first-order valence-electron chi connectivity index (χ1n) is 9.45. The molecule has 5 rings (SSSR count). The monoisotopic (exact) mass is 337 g/mol. The van der Waals surface area contributed by atoms with Gasteiger partial charge >= 0.3 is 0 Å². The Kier molecular flexibility index (Phi) is 3.57. The van der Waals surface area contributed by atoms with Crippen molar-refractivity contribution in [2.45, 2.75) is 51.5 Å². The van der Waals surface area contributed by atoms with Crippen LogP contribution >= 0.6 is 0 Å². The minimum Gasteiger partial charge on any atom is -0.355 e. The SMILES string of the molecule is O=c1cc2c(nn1CC1CN(c3ncnc4c3CCCC4)C1)CCC2. The zero-order valence-corrected chi connectivity index (χ0v) is 14.4. The highest BCUT2D eigenvalue weighted by Crippen LogP contribution is 2.31. The molecule has 1 fully saturated rings. The summed E-state index contributed by atoms with van der Waals surface area (Å²) < 4.78 is 1.68. The van der Waals surface area contributed by atoms with Crippen molar-refractivity contribution in [1.82, 2.24) is 19.7 Å². The molecule has 0 saturated carbocycles. The second kappa shape index (κ2) is 5.93. The first kappa shape index (κ1) is 15.0. The Hall–Kier alpha value is -2.24. The summed E-state index contributed by atoms with van der Waals surface area (Å²) in [5.74, 6) is 1.59. The Morgan fingerprint density at radius 1 is 1.00 bits per heavy atom. The van der Waals surface area contributed by atoms with Gasteiger partial charge in [0.15, 0.2) is 0 Å². The van der Waals surface area contributed by atoms with Crippen molar-refractivity contribution in [3.05, 3.63) is 45.3 Å². The number of aryl methyl sites for hydroxylation is 3. The molecular formula is C19H23N5O. The summed E-state index contributed by atoms with van der Waals surface area (Å²) in [6.07, 6.45) is 9.50. The number of fused-ring (bicyclic) bond motifs is 2. The van der Waals surface area contributed by atoms with Gasteiger partial charge in [0.2, 0.25) is 0 Å². The maximum absolute atomic E-state index is 12.3. The van der Waals surface area contributed by atoms with Crippen molar-refractivity contribution in [2.75, 3.05) is 18.0 Å². The Bertz CT molecular complexity index is 869. The highest BCUT2D eigenvalue weighted by molar-refractivity contribution is 5.51. The van der Waals surface area contributed by atoms with Crippen molar-refractivity contribution in [3.8, 4) is 0 Å². The highest BCUT2D eigenvalue weighted by Gasteiger charge is 2.31. The van der Waals surface area contributed by atoms with Crippen LogP contribution in [0.1, 0.15) is 41.8 Å². The number of anilines is 1. The molecule has 2 aromatic heterocycles. The second-order valence-corrected chi connectivity index (χ2v) is 7.59. The molecule has 3 aliphatic rings. The van der Waals surface area contributed by atoms with Crippen molar-refractivity contribution >= 4 is 5.82 Å². The van der Waals surface area contributed by atoms with Gasteiger partial charge in [0.1, 0.15) is 12.1 Å². The van der Waals surface area contributed by atoms with E-state index in [9.17, 15) is 4.79 Å². The minimum absolute atomic E-state index is 0.0542. The molecule has 3 heterocycles. The third-order valence-corrected chi connectivity index (χ3v) is 5.81. The van der Waals surface area contributed by atoms with Gasteiger partial charge in [0, 0.05) is 36.3 Å². The van der Waals surface area contributed by atoms with E-state index in [1.165, 1.54) is 24.1 Å². The fourth-order valence-electron chi connectivity index (χ4n) is 4.45. The van der Waals surface area contributed by atoms with Crippen LogP contribution in [0.2, 0.25) is 0 Å². The van der Waals surface area contributed by atoms with Crippen LogP contribution in [0, 0.1) is 5.92 Å².